The zero-order valence-corrected chi connectivity index (χ0v) is 16.0. The van der Waals surface area contributed by atoms with Gasteiger partial charge in [0.1, 0.15) is 5.54 Å². The lowest BCUT2D eigenvalue weighted by atomic mass is 9.84. The molecule has 2 aromatic carbocycles. The zero-order chi connectivity index (χ0) is 19.8. The first-order valence-corrected chi connectivity index (χ1v) is 8.89. The number of carbonyl (C=O) groups is 2. The van der Waals surface area contributed by atoms with E-state index in [-0.39, 0.29) is 17.9 Å². The molecule has 0 aliphatic carbocycles. The van der Waals surface area contributed by atoms with Gasteiger partial charge in [-0.3, -0.25) is 9.69 Å². The second-order valence-electron chi connectivity index (χ2n) is 8.08. The highest BCUT2D eigenvalue weighted by molar-refractivity contribution is 6.07. The third-order valence-corrected chi connectivity index (χ3v) is 5.03. The van der Waals surface area contributed by atoms with Crippen molar-refractivity contribution in [3.63, 3.8) is 0 Å². The largest absolute Gasteiger partial charge is 0.325 e. The summed E-state index contributed by atoms with van der Waals surface area (Å²) in [7, 11) is 0. The minimum absolute atomic E-state index is 0.0178. The summed E-state index contributed by atoms with van der Waals surface area (Å²) in [6.45, 7) is 8.30. The lowest BCUT2D eigenvalue weighted by Gasteiger charge is -2.24. The van der Waals surface area contributed by atoms with E-state index < -0.39 is 11.6 Å². The van der Waals surface area contributed by atoms with Gasteiger partial charge in [-0.05, 0) is 41.2 Å². The van der Waals surface area contributed by atoms with Crippen LogP contribution in [0.5, 0.6) is 0 Å². The predicted octanol–water partition coefficient (Wildman–Crippen LogP) is 3.82. The molecule has 0 spiro atoms. The van der Waals surface area contributed by atoms with Crippen LogP contribution in [0, 0.1) is 11.3 Å². The van der Waals surface area contributed by atoms with Crippen molar-refractivity contribution in [2.24, 2.45) is 0 Å². The van der Waals surface area contributed by atoms with Gasteiger partial charge in [-0.25, -0.2) is 4.79 Å². The summed E-state index contributed by atoms with van der Waals surface area (Å²) in [5.41, 5.74) is 2.20. The van der Waals surface area contributed by atoms with E-state index in [2.05, 4.69) is 32.2 Å². The Bertz CT molecular complexity index is 918. The zero-order valence-electron chi connectivity index (χ0n) is 16.0. The maximum atomic E-state index is 13.0. The Morgan fingerprint density at radius 3 is 2.15 bits per heavy atom. The molecule has 5 nitrogen and oxygen atoms in total. The molecule has 1 fully saturated rings. The third kappa shape index (κ3) is 3.43. The average Bonchev–Trinajstić information content (AvgIpc) is 2.86. The summed E-state index contributed by atoms with van der Waals surface area (Å²) in [6, 6.07) is 16.3. The topological polar surface area (TPSA) is 73.2 Å². The van der Waals surface area contributed by atoms with E-state index in [1.165, 1.54) is 10.5 Å². The molecule has 138 valence electrons. The average molecular weight is 361 g/mol. The van der Waals surface area contributed by atoms with Crippen molar-refractivity contribution in [1.82, 2.24) is 10.2 Å². The molecule has 0 aromatic heterocycles. The molecule has 1 atom stereocenters. The molecule has 0 unspecified atom stereocenters. The van der Waals surface area contributed by atoms with Gasteiger partial charge >= 0.3 is 6.03 Å². The van der Waals surface area contributed by atoms with Gasteiger partial charge in [-0.1, -0.05) is 57.2 Å². The van der Waals surface area contributed by atoms with Gasteiger partial charge in [-0.2, -0.15) is 5.26 Å². The van der Waals surface area contributed by atoms with Crippen molar-refractivity contribution in [2.75, 3.05) is 0 Å². The molecule has 5 heteroatoms. The van der Waals surface area contributed by atoms with Crippen LogP contribution >= 0.6 is 0 Å². The van der Waals surface area contributed by atoms with Gasteiger partial charge in [0.05, 0.1) is 18.2 Å². The molecule has 3 amide bonds. The summed E-state index contributed by atoms with van der Waals surface area (Å²) in [5.74, 6) is -0.277. The Hall–Kier alpha value is -3.13. The number of hydrogen-bond donors (Lipinski definition) is 1. The van der Waals surface area contributed by atoms with Crippen molar-refractivity contribution >= 4 is 11.9 Å². The van der Waals surface area contributed by atoms with Crippen molar-refractivity contribution in [3.8, 4) is 6.07 Å². The first-order chi connectivity index (χ1) is 12.6. The number of carbonyl (C=O) groups excluding carboxylic acids is 2. The first-order valence-electron chi connectivity index (χ1n) is 8.89. The van der Waals surface area contributed by atoms with Crippen LogP contribution in [0.3, 0.4) is 0 Å². The summed E-state index contributed by atoms with van der Waals surface area (Å²) in [6.07, 6.45) is 0. The number of nitrogens with zero attached hydrogens (tertiary/aromatic N) is 2. The van der Waals surface area contributed by atoms with Gasteiger partial charge in [0.25, 0.3) is 5.91 Å². The van der Waals surface area contributed by atoms with E-state index in [4.69, 9.17) is 5.26 Å². The fraction of sp³-hybridized carbons (Fsp3) is 0.318. The van der Waals surface area contributed by atoms with Crippen molar-refractivity contribution in [2.45, 2.75) is 45.2 Å². The number of benzene rings is 2. The van der Waals surface area contributed by atoms with E-state index >= 15 is 0 Å². The second-order valence-corrected chi connectivity index (χ2v) is 8.08. The van der Waals surface area contributed by atoms with Gasteiger partial charge in [0.15, 0.2) is 0 Å². The Morgan fingerprint density at radius 1 is 1.04 bits per heavy atom. The van der Waals surface area contributed by atoms with Crippen LogP contribution in [0.15, 0.2) is 48.5 Å². The number of amides is 3. The molecule has 2 aromatic rings. The molecule has 27 heavy (non-hydrogen) atoms. The monoisotopic (exact) mass is 361 g/mol. The highest BCUT2D eigenvalue weighted by atomic mass is 16.2. The fourth-order valence-electron chi connectivity index (χ4n) is 3.21. The number of urea groups is 1. The van der Waals surface area contributed by atoms with E-state index in [9.17, 15) is 9.59 Å². The quantitative estimate of drug-likeness (QED) is 0.845. The van der Waals surface area contributed by atoms with Crippen LogP contribution in [-0.2, 0) is 22.3 Å². The van der Waals surface area contributed by atoms with E-state index in [1.54, 1.807) is 31.2 Å². The molecule has 0 saturated carbocycles. The van der Waals surface area contributed by atoms with Crippen LogP contribution in [0.25, 0.3) is 0 Å². The number of rotatable bonds is 3. The summed E-state index contributed by atoms with van der Waals surface area (Å²) < 4.78 is 0. The summed E-state index contributed by atoms with van der Waals surface area (Å²) in [5, 5.41) is 11.7. The van der Waals surface area contributed by atoms with Gasteiger partial charge in [0.2, 0.25) is 0 Å². The SMILES string of the molecule is CC(C)(C)c1ccc([C@]2(C)NC(=O)N(Cc3ccc(C#N)cc3)C2=O)cc1. The van der Waals surface area contributed by atoms with Gasteiger partial charge in [-0.15, -0.1) is 0 Å². The molecule has 1 heterocycles. The molecule has 0 radical (unpaired) electrons. The lowest BCUT2D eigenvalue weighted by molar-refractivity contribution is -0.131. The molecule has 1 N–H and O–H groups in total. The van der Waals surface area contributed by atoms with Crippen molar-refractivity contribution < 1.29 is 9.59 Å². The molecule has 1 saturated heterocycles. The highest BCUT2D eigenvalue weighted by Gasteiger charge is 2.48. The second kappa shape index (κ2) is 6.55. The maximum Gasteiger partial charge on any atom is 0.325 e. The molecular weight excluding hydrogens is 338 g/mol. The van der Waals surface area contributed by atoms with Crippen molar-refractivity contribution in [1.29, 1.82) is 5.26 Å². The molecule has 1 aliphatic rings. The van der Waals surface area contributed by atoms with Crippen molar-refractivity contribution in [3.05, 3.63) is 70.8 Å². The number of hydrogen-bond acceptors (Lipinski definition) is 3. The number of imide groups is 1. The third-order valence-electron chi connectivity index (χ3n) is 5.03. The predicted molar refractivity (Wildman–Crippen MR) is 103 cm³/mol. The molecule has 3 rings (SSSR count). The van der Waals surface area contributed by atoms with Crippen LogP contribution in [0.4, 0.5) is 4.79 Å². The normalized spacial score (nSPS) is 19.7. The Morgan fingerprint density at radius 2 is 1.63 bits per heavy atom. The summed E-state index contributed by atoms with van der Waals surface area (Å²) >= 11 is 0. The van der Waals surface area contributed by atoms with E-state index in [1.807, 2.05) is 24.3 Å². The standard InChI is InChI=1S/C22H23N3O2/c1-21(2,3)17-9-11-18(12-10-17)22(4)19(26)25(20(27)24-22)14-16-7-5-15(13-23)6-8-16/h5-12H,14H2,1-4H3,(H,24,27)/t22-/m0/s1. The maximum absolute atomic E-state index is 13.0. The minimum atomic E-state index is -1.08. The van der Waals surface area contributed by atoms with Crippen LogP contribution < -0.4 is 5.32 Å². The number of nitrogens with one attached hydrogen (secondary N) is 1. The van der Waals surface area contributed by atoms with Crippen LogP contribution in [-0.4, -0.2) is 16.8 Å². The van der Waals surface area contributed by atoms with Gasteiger partial charge < -0.3 is 5.32 Å². The Balaban J connectivity index is 1.84. The minimum Gasteiger partial charge on any atom is -0.319 e. The molecular formula is C22H23N3O2. The Labute approximate surface area is 159 Å². The lowest BCUT2D eigenvalue weighted by Crippen LogP contribution is -2.40. The first kappa shape index (κ1) is 18.7. The Kier molecular flexibility index (Phi) is 4.52. The number of nitriles is 1. The van der Waals surface area contributed by atoms with E-state index in [0.717, 1.165) is 11.1 Å². The molecule has 1 aliphatic heterocycles. The van der Waals surface area contributed by atoms with E-state index in [0.29, 0.717) is 5.56 Å². The van der Waals surface area contributed by atoms with Gasteiger partial charge in [0, 0.05) is 0 Å². The fourth-order valence-corrected chi connectivity index (χ4v) is 3.21. The smallest absolute Gasteiger partial charge is 0.319 e. The molecule has 0 bridgehead atoms. The highest BCUT2D eigenvalue weighted by Crippen LogP contribution is 2.31. The van der Waals surface area contributed by atoms with Crippen LogP contribution in [0.1, 0.15) is 49.9 Å². The van der Waals surface area contributed by atoms with Crippen LogP contribution in [0.2, 0.25) is 0 Å². The summed E-state index contributed by atoms with van der Waals surface area (Å²) in [4.78, 5) is 26.7.